The van der Waals surface area contributed by atoms with E-state index in [-0.39, 0.29) is 0 Å². The van der Waals surface area contributed by atoms with Crippen LogP contribution in [0.5, 0.6) is 0 Å². The van der Waals surface area contributed by atoms with Crippen LogP contribution >= 0.6 is 15.9 Å². The van der Waals surface area contributed by atoms with Crippen LogP contribution < -0.4 is 10.4 Å². The smallest absolute Gasteiger partial charge is 0.0247 e. The number of hydrogen-bond acceptors (Lipinski definition) is 0. The Hall–Kier alpha value is -1.08. The summed E-state index contributed by atoms with van der Waals surface area (Å²) < 4.78 is 1.16. The van der Waals surface area contributed by atoms with Crippen LogP contribution in [-0.4, -0.2) is 0 Å². The van der Waals surface area contributed by atoms with E-state index in [4.69, 9.17) is 0 Å². The third-order valence-corrected chi connectivity index (χ3v) is 4.31. The van der Waals surface area contributed by atoms with Crippen LogP contribution in [0.15, 0.2) is 42.5 Å². The Morgan fingerprint density at radius 3 is 3.06 bits per heavy atom. The van der Waals surface area contributed by atoms with Crippen molar-refractivity contribution in [2.45, 2.75) is 25.2 Å². The van der Waals surface area contributed by atoms with E-state index in [1.54, 1.807) is 0 Å². The van der Waals surface area contributed by atoms with Gasteiger partial charge in [-0.25, -0.2) is 0 Å². The molecule has 2 bridgehead atoms. The van der Waals surface area contributed by atoms with Gasteiger partial charge in [-0.2, -0.15) is 0 Å². The van der Waals surface area contributed by atoms with Crippen molar-refractivity contribution in [2.24, 2.45) is 0 Å². The number of allylic oxidation sites excluding steroid dienone is 4. The Morgan fingerprint density at radius 1 is 1.18 bits per heavy atom. The topological polar surface area (TPSA) is 0 Å². The average Bonchev–Trinajstić information content (AvgIpc) is 2.37. The van der Waals surface area contributed by atoms with E-state index in [1.807, 2.05) is 0 Å². The van der Waals surface area contributed by atoms with Gasteiger partial charge in [0.1, 0.15) is 0 Å². The predicted molar refractivity (Wildman–Crippen MR) is 77.4 cm³/mol. The second-order valence-corrected chi connectivity index (χ2v) is 5.55. The molecule has 1 heteroatoms. The number of hydrogen-bond donors (Lipinski definition) is 0. The van der Waals surface area contributed by atoms with E-state index in [0.29, 0.717) is 5.92 Å². The molecule has 0 saturated carbocycles. The molecule has 1 aromatic carbocycles. The fourth-order valence-corrected chi connectivity index (χ4v) is 3.06. The van der Waals surface area contributed by atoms with Gasteiger partial charge >= 0.3 is 0 Å². The maximum absolute atomic E-state index is 3.64. The maximum atomic E-state index is 3.64. The molecule has 3 rings (SSSR count). The molecule has 17 heavy (non-hydrogen) atoms. The van der Waals surface area contributed by atoms with Gasteiger partial charge in [0.2, 0.25) is 0 Å². The number of benzene rings is 1. The monoisotopic (exact) mass is 286 g/mol. The minimum absolute atomic E-state index is 0.693. The standard InChI is InChI=1S/C16H15Br/c17-16-8-3-1-2-5-12-6-4-7-13-9-10-14(16)11-15(12)13/h1-3,7-12H,4-6H2/b2-1+,8-3-,16-14+. The SMILES string of the molecule is BrC1=c2\ccc3c(c2)C(C/C=C/C=C\1)CCC=3. The molecular formula is C16H15Br. The van der Waals surface area contributed by atoms with Gasteiger partial charge in [0.05, 0.1) is 0 Å². The van der Waals surface area contributed by atoms with Crippen molar-refractivity contribution in [1.29, 1.82) is 0 Å². The highest BCUT2D eigenvalue weighted by Crippen LogP contribution is 2.26. The fourth-order valence-electron chi connectivity index (χ4n) is 2.66. The Morgan fingerprint density at radius 2 is 2.12 bits per heavy atom. The molecule has 0 N–H and O–H groups in total. The summed E-state index contributed by atoms with van der Waals surface area (Å²) in [5.74, 6) is 0.693. The van der Waals surface area contributed by atoms with Crippen molar-refractivity contribution in [2.75, 3.05) is 0 Å². The van der Waals surface area contributed by atoms with E-state index >= 15 is 0 Å². The van der Waals surface area contributed by atoms with Crippen molar-refractivity contribution in [3.63, 3.8) is 0 Å². The quantitative estimate of drug-likeness (QED) is 0.686. The Kier molecular flexibility index (Phi) is 3.02. The molecule has 0 radical (unpaired) electrons. The predicted octanol–water partition coefficient (Wildman–Crippen LogP) is 3.36. The molecule has 86 valence electrons. The summed E-state index contributed by atoms with van der Waals surface area (Å²) in [5, 5.41) is 2.72. The Bertz CT molecular complexity index is 605. The molecule has 0 heterocycles. The lowest BCUT2D eigenvalue weighted by Gasteiger charge is -2.20. The van der Waals surface area contributed by atoms with E-state index in [2.05, 4.69) is 64.5 Å². The second kappa shape index (κ2) is 4.66. The summed E-state index contributed by atoms with van der Waals surface area (Å²) in [7, 11) is 0. The molecule has 1 aromatic rings. The molecule has 1 unspecified atom stereocenters. The first-order chi connectivity index (χ1) is 8.34. The number of halogens is 1. The first-order valence-corrected chi connectivity index (χ1v) is 6.97. The molecule has 0 aromatic heterocycles. The van der Waals surface area contributed by atoms with Crippen molar-refractivity contribution in [3.8, 4) is 0 Å². The lowest BCUT2D eigenvalue weighted by Crippen LogP contribution is -2.21. The molecule has 0 amide bonds. The van der Waals surface area contributed by atoms with Crippen LogP contribution in [0.1, 0.15) is 30.7 Å². The van der Waals surface area contributed by atoms with Crippen molar-refractivity contribution >= 4 is 26.5 Å². The second-order valence-electron chi connectivity index (χ2n) is 4.69. The van der Waals surface area contributed by atoms with E-state index < -0.39 is 0 Å². The van der Waals surface area contributed by atoms with Crippen molar-refractivity contribution in [1.82, 2.24) is 0 Å². The highest BCUT2D eigenvalue weighted by atomic mass is 79.9. The maximum Gasteiger partial charge on any atom is 0.0247 e. The summed E-state index contributed by atoms with van der Waals surface area (Å²) in [6, 6.07) is 6.82. The summed E-state index contributed by atoms with van der Waals surface area (Å²) in [4.78, 5) is 0. The highest BCUT2D eigenvalue weighted by molar-refractivity contribution is 9.15. The molecule has 0 nitrogen and oxygen atoms in total. The van der Waals surface area contributed by atoms with Crippen LogP contribution in [0, 0.1) is 0 Å². The minimum Gasteiger partial charge on any atom is -0.0839 e. The van der Waals surface area contributed by atoms with Crippen molar-refractivity contribution in [3.05, 3.63) is 58.5 Å². The third kappa shape index (κ3) is 2.16. The lowest BCUT2D eigenvalue weighted by molar-refractivity contribution is 0.633. The zero-order chi connectivity index (χ0) is 11.7. The minimum atomic E-state index is 0.693. The largest absolute Gasteiger partial charge is 0.0839 e. The van der Waals surface area contributed by atoms with Gasteiger partial charge in [-0.15, -0.1) is 0 Å². The average molecular weight is 287 g/mol. The summed E-state index contributed by atoms with van der Waals surface area (Å²) in [6.45, 7) is 0. The van der Waals surface area contributed by atoms with Gasteiger partial charge in [0, 0.05) is 4.48 Å². The Labute approximate surface area is 110 Å². The van der Waals surface area contributed by atoms with Gasteiger partial charge in [0.15, 0.2) is 0 Å². The Balaban J connectivity index is 2.30. The molecule has 1 atom stereocenters. The van der Waals surface area contributed by atoms with Crippen LogP contribution in [-0.2, 0) is 0 Å². The van der Waals surface area contributed by atoms with Gasteiger partial charge in [-0.05, 0) is 53.3 Å². The molecule has 2 aliphatic rings. The molecule has 0 spiro atoms. The van der Waals surface area contributed by atoms with E-state index in [0.717, 1.165) is 10.9 Å². The lowest BCUT2D eigenvalue weighted by atomic mass is 9.85. The van der Waals surface area contributed by atoms with Gasteiger partial charge in [-0.1, -0.05) is 52.4 Å². The molecular weight excluding hydrogens is 272 g/mol. The third-order valence-electron chi connectivity index (χ3n) is 3.59. The number of rotatable bonds is 0. The van der Waals surface area contributed by atoms with Gasteiger partial charge in [0.25, 0.3) is 0 Å². The van der Waals surface area contributed by atoms with Crippen LogP contribution in [0.4, 0.5) is 0 Å². The van der Waals surface area contributed by atoms with E-state index in [1.165, 1.54) is 28.8 Å². The number of fused-ring (bicyclic) bond motifs is 1. The van der Waals surface area contributed by atoms with Crippen molar-refractivity contribution < 1.29 is 0 Å². The normalized spacial score (nSPS) is 29.1. The van der Waals surface area contributed by atoms with Crippen LogP contribution in [0.2, 0.25) is 0 Å². The zero-order valence-corrected chi connectivity index (χ0v) is 11.3. The summed E-state index contributed by atoms with van der Waals surface area (Å²) >= 11 is 3.64. The van der Waals surface area contributed by atoms with Gasteiger partial charge in [-0.3, -0.25) is 0 Å². The molecule has 2 aliphatic carbocycles. The molecule has 0 saturated heterocycles. The molecule has 0 fully saturated rings. The fraction of sp³-hybridized carbons (Fsp3) is 0.250. The zero-order valence-electron chi connectivity index (χ0n) is 9.70. The van der Waals surface area contributed by atoms with Crippen LogP contribution in [0.25, 0.3) is 10.6 Å². The first kappa shape index (κ1) is 11.0. The summed E-state index contributed by atoms with van der Waals surface area (Å²) in [6.07, 6.45) is 14.7. The highest BCUT2D eigenvalue weighted by Gasteiger charge is 2.14. The van der Waals surface area contributed by atoms with E-state index in [9.17, 15) is 0 Å². The molecule has 0 aliphatic heterocycles. The summed E-state index contributed by atoms with van der Waals surface area (Å²) in [5.41, 5.74) is 1.52. The van der Waals surface area contributed by atoms with Crippen LogP contribution in [0.3, 0.4) is 0 Å². The van der Waals surface area contributed by atoms with Gasteiger partial charge < -0.3 is 0 Å². The first-order valence-electron chi connectivity index (χ1n) is 6.18.